The average molecular weight is 447 g/mol. The predicted molar refractivity (Wildman–Crippen MR) is 133 cm³/mol. The normalized spacial score (nSPS) is 17.2. The van der Waals surface area contributed by atoms with Crippen LogP contribution >= 0.6 is 0 Å². The van der Waals surface area contributed by atoms with Gasteiger partial charge in [-0.25, -0.2) is 0 Å². The lowest BCUT2D eigenvalue weighted by molar-refractivity contribution is 0.00805. The summed E-state index contributed by atoms with van der Waals surface area (Å²) in [5.41, 5.74) is 1.19. The van der Waals surface area contributed by atoms with E-state index in [2.05, 4.69) is 93.6 Å². The fraction of sp³-hybridized carbons (Fsp3) is 0.357. The van der Waals surface area contributed by atoms with Crippen molar-refractivity contribution in [3.63, 3.8) is 0 Å². The van der Waals surface area contributed by atoms with Crippen LogP contribution in [0.5, 0.6) is 0 Å². The second kappa shape index (κ2) is 10.1. The Labute approximate surface area is 193 Å². The standard InChI is InChI=1S/C28H34O3Si/c1-28(2,3)32(24-15-9-5-10-16-24,25-17-11-6-12-18-25)31-20-19-26(27-22-30-27)29-21-23-13-7-4-8-14-23/h4-18,26-27H,19-22H2,1-3H3/t26-,27+/m1/s1. The Balaban J connectivity index is 1.53. The third-order valence-electron chi connectivity index (χ3n) is 6.22. The molecule has 4 rings (SSSR count). The lowest BCUT2D eigenvalue weighted by atomic mass is 10.2. The summed E-state index contributed by atoms with van der Waals surface area (Å²) in [6, 6.07) is 31.9. The van der Waals surface area contributed by atoms with Gasteiger partial charge in [0.1, 0.15) is 6.10 Å². The van der Waals surface area contributed by atoms with Gasteiger partial charge in [-0.2, -0.15) is 0 Å². The average Bonchev–Trinajstić information content (AvgIpc) is 3.65. The van der Waals surface area contributed by atoms with Crippen LogP contribution in [-0.2, 0) is 20.5 Å². The smallest absolute Gasteiger partial charge is 0.261 e. The molecular weight excluding hydrogens is 412 g/mol. The summed E-state index contributed by atoms with van der Waals surface area (Å²) in [6.07, 6.45) is 1.05. The molecule has 0 radical (unpaired) electrons. The Morgan fingerprint density at radius 3 is 1.81 bits per heavy atom. The summed E-state index contributed by atoms with van der Waals surface area (Å²) in [5, 5.41) is 2.60. The van der Waals surface area contributed by atoms with E-state index in [-0.39, 0.29) is 17.2 Å². The van der Waals surface area contributed by atoms with Gasteiger partial charge in [0, 0.05) is 6.61 Å². The fourth-order valence-corrected chi connectivity index (χ4v) is 9.09. The molecule has 0 aliphatic carbocycles. The number of benzene rings is 3. The number of hydrogen-bond acceptors (Lipinski definition) is 3. The van der Waals surface area contributed by atoms with Crippen molar-refractivity contribution in [3.05, 3.63) is 96.6 Å². The van der Waals surface area contributed by atoms with Crippen LogP contribution in [0.15, 0.2) is 91.0 Å². The van der Waals surface area contributed by atoms with Gasteiger partial charge in [-0.3, -0.25) is 0 Å². The van der Waals surface area contributed by atoms with Crippen molar-refractivity contribution < 1.29 is 13.9 Å². The monoisotopic (exact) mass is 446 g/mol. The van der Waals surface area contributed by atoms with Crippen LogP contribution in [0.2, 0.25) is 5.04 Å². The summed E-state index contributed by atoms with van der Waals surface area (Å²) in [7, 11) is -2.51. The maximum atomic E-state index is 7.03. The maximum Gasteiger partial charge on any atom is 0.261 e. The van der Waals surface area contributed by atoms with E-state index in [1.807, 2.05) is 18.2 Å². The highest BCUT2D eigenvalue weighted by molar-refractivity contribution is 6.99. The van der Waals surface area contributed by atoms with Gasteiger partial charge >= 0.3 is 0 Å². The fourth-order valence-electron chi connectivity index (χ4n) is 4.51. The lowest BCUT2D eigenvalue weighted by Crippen LogP contribution is -2.66. The van der Waals surface area contributed by atoms with Gasteiger partial charge in [-0.1, -0.05) is 112 Å². The molecule has 3 aromatic carbocycles. The molecule has 2 atom stereocenters. The Bertz CT molecular complexity index is 911. The molecule has 4 heteroatoms. The Hall–Kier alpha value is -2.24. The van der Waals surface area contributed by atoms with E-state index in [0.717, 1.165) is 13.0 Å². The first-order valence-electron chi connectivity index (χ1n) is 11.5. The molecule has 168 valence electrons. The summed E-state index contributed by atoms with van der Waals surface area (Å²) < 4.78 is 18.9. The van der Waals surface area contributed by atoms with Gasteiger partial charge in [0.05, 0.1) is 19.3 Å². The molecule has 0 unspecified atom stereocenters. The quantitative estimate of drug-likeness (QED) is 0.327. The van der Waals surface area contributed by atoms with Crippen LogP contribution < -0.4 is 10.4 Å². The first kappa shape index (κ1) is 22.9. The number of ether oxygens (including phenoxy) is 2. The Morgan fingerprint density at radius 1 is 0.844 bits per heavy atom. The van der Waals surface area contributed by atoms with E-state index >= 15 is 0 Å². The molecule has 1 heterocycles. The van der Waals surface area contributed by atoms with Crippen molar-refractivity contribution >= 4 is 18.7 Å². The highest BCUT2D eigenvalue weighted by atomic mass is 28.4. The molecule has 1 aliphatic heterocycles. The molecule has 0 bridgehead atoms. The van der Waals surface area contributed by atoms with Crippen LogP contribution in [0.25, 0.3) is 0 Å². The van der Waals surface area contributed by atoms with E-state index < -0.39 is 8.32 Å². The lowest BCUT2D eigenvalue weighted by Gasteiger charge is -2.43. The molecule has 32 heavy (non-hydrogen) atoms. The molecule has 0 N–H and O–H groups in total. The minimum atomic E-state index is -2.51. The summed E-state index contributed by atoms with van der Waals surface area (Å²) in [6.45, 7) is 8.96. The molecule has 1 fully saturated rings. The van der Waals surface area contributed by atoms with Crippen molar-refractivity contribution in [1.29, 1.82) is 0 Å². The largest absolute Gasteiger partial charge is 0.407 e. The molecule has 0 saturated carbocycles. The zero-order chi connectivity index (χ0) is 22.4. The summed E-state index contributed by atoms with van der Waals surface area (Å²) >= 11 is 0. The van der Waals surface area contributed by atoms with Gasteiger partial charge in [-0.15, -0.1) is 0 Å². The first-order valence-corrected chi connectivity index (χ1v) is 13.4. The minimum Gasteiger partial charge on any atom is -0.407 e. The number of epoxide rings is 1. The Morgan fingerprint density at radius 2 is 1.34 bits per heavy atom. The number of hydrogen-bond donors (Lipinski definition) is 0. The molecule has 3 aromatic rings. The van der Waals surface area contributed by atoms with Gasteiger partial charge in [-0.05, 0) is 27.4 Å². The van der Waals surface area contributed by atoms with Crippen LogP contribution in [0.4, 0.5) is 0 Å². The Kier molecular flexibility index (Phi) is 7.26. The minimum absolute atomic E-state index is 0.0216. The SMILES string of the molecule is CC(C)(C)[Si](OCC[C@@H](OCc1ccccc1)[C@@H]1CO1)(c1ccccc1)c1ccccc1. The van der Waals surface area contributed by atoms with Crippen molar-refractivity contribution in [1.82, 2.24) is 0 Å². The van der Waals surface area contributed by atoms with Crippen LogP contribution in [0, 0.1) is 0 Å². The third kappa shape index (κ3) is 5.21. The second-order valence-corrected chi connectivity index (χ2v) is 13.8. The van der Waals surface area contributed by atoms with Crippen molar-refractivity contribution in [3.8, 4) is 0 Å². The van der Waals surface area contributed by atoms with Crippen molar-refractivity contribution in [2.45, 2.75) is 51.0 Å². The van der Waals surface area contributed by atoms with Crippen molar-refractivity contribution in [2.75, 3.05) is 13.2 Å². The highest BCUT2D eigenvalue weighted by Crippen LogP contribution is 2.37. The van der Waals surface area contributed by atoms with E-state index in [4.69, 9.17) is 13.9 Å². The van der Waals surface area contributed by atoms with E-state index in [9.17, 15) is 0 Å². The van der Waals surface area contributed by atoms with E-state index in [1.165, 1.54) is 15.9 Å². The maximum absolute atomic E-state index is 7.03. The van der Waals surface area contributed by atoms with E-state index in [0.29, 0.717) is 13.2 Å². The number of rotatable bonds is 10. The summed E-state index contributed by atoms with van der Waals surface area (Å²) in [5.74, 6) is 0. The molecule has 1 aliphatic rings. The van der Waals surface area contributed by atoms with E-state index in [1.54, 1.807) is 0 Å². The second-order valence-electron chi connectivity index (χ2n) is 9.51. The van der Waals surface area contributed by atoms with Gasteiger partial charge in [0.15, 0.2) is 0 Å². The van der Waals surface area contributed by atoms with Gasteiger partial charge in [0.25, 0.3) is 8.32 Å². The molecule has 0 amide bonds. The topological polar surface area (TPSA) is 31.0 Å². The molecule has 0 aromatic heterocycles. The zero-order valence-corrected chi connectivity index (χ0v) is 20.4. The predicted octanol–water partition coefficient (Wildman–Crippen LogP) is 4.94. The first-order chi connectivity index (χ1) is 15.5. The van der Waals surface area contributed by atoms with Gasteiger partial charge in [0.2, 0.25) is 0 Å². The zero-order valence-electron chi connectivity index (χ0n) is 19.4. The van der Waals surface area contributed by atoms with Crippen LogP contribution in [0.3, 0.4) is 0 Å². The van der Waals surface area contributed by atoms with Crippen molar-refractivity contribution in [2.24, 2.45) is 0 Å². The molecule has 3 nitrogen and oxygen atoms in total. The molecular formula is C28H34O3Si. The summed E-state index contributed by atoms with van der Waals surface area (Å²) in [4.78, 5) is 0. The van der Waals surface area contributed by atoms with Crippen LogP contribution in [-0.4, -0.2) is 33.7 Å². The third-order valence-corrected chi connectivity index (χ3v) is 11.3. The molecule has 0 spiro atoms. The van der Waals surface area contributed by atoms with Crippen LogP contribution in [0.1, 0.15) is 32.8 Å². The van der Waals surface area contributed by atoms with Gasteiger partial charge < -0.3 is 13.9 Å². The molecule has 1 saturated heterocycles. The highest BCUT2D eigenvalue weighted by Gasteiger charge is 2.50.